The summed E-state index contributed by atoms with van der Waals surface area (Å²) in [4.78, 5) is 71.1. The molecular formula is C71H51N5O10. The van der Waals surface area contributed by atoms with Gasteiger partial charge in [-0.2, -0.15) is 0 Å². The summed E-state index contributed by atoms with van der Waals surface area (Å²) in [5, 5.41) is 50.3. The summed E-state index contributed by atoms with van der Waals surface area (Å²) in [5.74, 6) is -5.44. The van der Waals surface area contributed by atoms with E-state index in [9.17, 15) is 49.5 Å². The highest BCUT2D eigenvalue weighted by atomic mass is 16.4. The van der Waals surface area contributed by atoms with Gasteiger partial charge in [-0.15, -0.1) is 0 Å². The Kier molecular flexibility index (Phi) is 15.8. The maximum Gasteiger partial charge on any atom is 0.335 e. The Morgan fingerprint density at radius 2 is 0.314 bits per heavy atom. The van der Waals surface area contributed by atoms with E-state index in [0.717, 1.165) is 22.7 Å². The maximum atomic E-state index is 12.5. The Morgan fingerprint density at radius 1 is 0.174 bits per heavy atom. The van der Waals surface area contributed by atoms with Crippen LogP contribution in [0.15, 0.2) is 279 Å². The summed E-state index contributed by atoms with van der Waals surface area (Å²) in [5.41, 5.74) is 10.3. The van der Waals surface area contributed by atoms with Gasteiger partial charge in [-0.1, -0.05) is 66.7 Å². The zero-order valence-corrected chi connectivity index (χ0v) is 45.6. The average Bonchev–Trinajstić information content (AvgIpc) is 1.86. The Balaban J connectivity index is 0.978. The van der Waals surface area contributed by atoms with Gasteiger partial charge in [0.25, 0.3) is 0 Å². The predicted molar refractivity (Wildman–Crippen MR) is 335 cm³/mol. The summed E-state index contributed by atoms with van der Waals surface area (Å²) in [7, 11) is 0. The summed E-state index contributed by atoms with van der Waals surface area (Å²) in [6.07, 6.45) is 0. The van der Waals surface area contributed by atoms with Crippen molar-refractivity contribution in [2.45, 2.75) is 0 Å². The molecule has 0 aliphatic heterocycles. The molecule has 420 valence electrons. The lowest BCUT2D eigenvalue weighted by Crippen LogP contribution is -2.14. The van der Waals surface area contributed by atoms with Gasteiger partial charge in [0.2, 0.25) is 0 Å². The standard InChI is InChI=1S/C71H51N5O10/c77-67(78)47-12-7-21-62(42-47)72(52-17-3-1-4-18-52)54-26-30-56(31-27-54)74(64-23-9-14-49(44-64)69(81)82)58-34-38-60(39-35-58)76(66-25-11-16-51(46-66)71(85)86)61-40-36-59(37-41-61)75(65-24-10-15-50(45-65)70(83)84)57-32-28-55(29-33-57)73(53-19-5-2-6-20-53)63-22-8-13-48(43-63)68(79)80/h1-46H,(H,77,78)(H,79,80)(H,81,82)(H,83,84)(H,85,86). The van der Waals surface area contributed by atoms with E-state index < -0.39 is 29.8 Å². The third kappa shape index (κ3) is 11.9. The minimum absolute atomic E-state index is 0.0578. The first-order valence-electron chi connectivity index (χ1n) is 27.0. The first-order valence-corrected chi connectivity index (χ1v) is 27.0. The van der Waals surface area contributed by atoms with Gasteiger partial charge in [0.1, 0.15) is 0 Å². The normalized spacial score (nSPS) is 10.8. The first-order chi connectivity index (χ1) is 41.8. The fraction of sp³-hybridized carbons (Fsp3) is 0. The predicted octanol–water partition coefficient (Wildman–Crippen LogP) is 17.5. The van der Waals surface area contributed by atoms with Gasteiger partial charge in [0, 0.05) is 85.3 Å². The lowest BCUT2D eigenvalue weighted by atomic mass is 10.1. The van der Waals surface area contributed by atoms with Gasteiger partial charge in [-0.3, -0.25) is 0 Å². The van der Waals surface area contributed by atoms with E-state index in [1.807, 2.05) is 206 Å². The second kappa shape index (κ2) is 24.5. The number of carboxylic acids is 5. The monoisotopic (exact) mass is 1130 g/mol. The minimum atomic E-state index is -1.12. The molecule has 11 aromatic rings. The minimum Gasteiger partial charge on any atom is -0.478 e. The van der Waals surface area contributed by atoms with Crippen LogP contribution in [0.3, 0.4) is 0 Å². The van der Waals surface area contributed by atoms with Crippen molar-refractivity contribution in [2.75, 3.05) is 24.5 Å². The zero-order chi connectivity index (χ0) is 59.8. The van der Waals surface area contributed by atoms with E-state index in [0.29, 0.717) is 62.6 Å². The van der Waals surface area contributed by atoms with Crippen molar-refractivity contribution in [3.63, 3.8) is 0 Å². The number of carbonyl (C=O) groups is 5. The molecule has 15 heteroatoms. The van der Waals surface area contributed by atoms with Crippen molar-refractivity contribution in [3.8, 4) is 0 Å². The van der Waals surface area contributed by atoms with E-state index in [-0.39, 0.29) is 27.8 Å². The lowest BCUT2D eigenvalue weighted by Gasteiger charge is -2.30. The molecule has 0 atom stereocenters. The van der Waals surface area contributed by atoms with Crippen LogP contribution in [-0.4, -0.2) is 55.4 Å². The lowest BCUT2D eigenvalue weighted by molar-refractivity contribution is 0.0686. The number of nitrogens with zero attached hydrogens (tertiary/aromatic N) is 5. The second-order valence-electron chi connectivity index (χ2n) is 19.7. The largest absolute Gasteiger partial charge is 0.478 e. The number of hydrogen-bond donors (Lipinski definition) is 5. The molecule has 0 bridgehead atoms. The van der Waals surface area contributed by atoms with Crippen LogP contribution in [0.2, 0.25) is 0 Å². The van der Waals surface area contributed by atoms with E-state index in [4.69, 9.17) is 0 Å². The van der Waals surface area contributed by atoms with Crippen molar-refractivity contribution in [3.05, 3.63) is 307 Å². The Bertz CT molecular complexity index is 4050. The van der Waals surface area contributed by atoms with Crippen molar-refractivity contribution in [1.82, 2.24) is 0 Å². The smallest absolute Gasteiger partial charge is 0.335 e. The number of rotatable bonds is 20. The van der Waals surface area contributed by atoms with Crippen LogP contribution >= 0.6 is 0 Å². The molecule has 0 radical (unpaired) electrons. The second-order valence-corrected chi connectivity index (χ2v) is 19.7. The molecule has 86 heavy (non-hydrogen) atoms. The summed E-state index contributed by atoms with van der Waals surface area (Å²) in [6, 6.07) is 82.5. The van der Waals surface area contributed by atoms with Crippen LogP contribution < -0.4 is 24.5 Å². The molecule has 11 rings (SSSR count). The van der Waals surface area contributed by atoms with Gasteiger partial charge >= 0.3 is 29.8 Å². The van der Waals surface area contributed by atoms with E-state index in [2.05, 4.69) is 0 Å². The Hall–Kier alpha value is -12.2. The molecule has 0 saturated heterocycles. The summed E-state index contributed by atoms with van der Waals surface area (Å²) >= 11 is 0. The molecular weight excluding hydrogens is 1080 g/mol. The van der Waals surface area contributed by atoms with Gasteiger partial charge in [0.05, 0.1) is 27.8 Å². The average molecular weight is 1130 g/mol. The van der Waals surface area contributed by atoms with E-state index in [1.165, 1.54) is 30.3 Å². The highest BCUT2D eigenvalue weighted by Gasteiger charge is 2.23. The zero-order valence-electron chi connectivity index (χ0n) is 45.6. The first kappa shape index (κ1) is 55.7. The molecule has 0 fully saturated rings. The van der Waals surface area contributed by atoms with Gasteiger partial charge in [0.15, 0.2) is 0 Å². The van der Waals surface area contributed by atoms with Crippen molar-refractivity contribution < 1.29 is 49.5 Å². The molecule has 0 heterocycles. The molecule has 11 aromatic carbocycles. The van der Waals surface area contributed by atoms with Gasteiger partial charge < -0.3 is 50.0 Å². The molecule has 0 aromatic heterocycles. The summed E-state index contributed by atoms with van der Waals surface area (Å²) in [6.45, 7) is 0. The number of anilines is 15. The van der Waals surface area contributed by atoms with Gasteiger partial charge in [-0.25, -0.2) is 24.0 Å². The molecule has 0 aliphatic rings. The fourth-order valence-electron chi connectivity index (χ4n) is 10.3. The summed E-state index contributed by atoms with van der Waals surface area (Å²) < 4.78 is 0. The Morgan fingerprint density at radius 3 is 0.465 bits per heavy atom. The van der Waals surface area contributed by atoms with Crippen LogP contribution in [0, 0.1) is 0 Å². The molecule has 0 aliphatic carbocycles. The third-order valence-corrected chi connectivity index (χ3v) is 14.2. The van der Waals surface area contributed by atoms with Gasteiger partial charge in [-0.05, 0) is 212 Å². The molecule has 0 unspecified atom stereocenters. The number of para-hydroxylation sites is 2. The number of benzene rings is 11. The van der Waals surface area contributed by atoms with Crippen LogP contribution in [0.5, 0.6) is 0 Å². The van der Waals surface area contributed by atoms with E-state index >= 15 is 0 Å². The molecule has 0 saturated carbocycles. The number of carboxylic acid groups (broad SMARTS) is 5. The molecule has 15 nitrogen and oxygen atoms in total. The third-order valence-electron chi connectivity index (χ3n) is 14.2. The van der Waals surface area contributed by atoms with Crippen LogP contribution in [0.1, 0.15) is 51.8 Å². The molecule has 0 amide bonds. The number of aromatic carboxylic acids is 5. The van der Waals surface area contributed by atoms with Crippen molar-refractivity contribution in [2.24, 2.45) is 0 Å². The van der Waals surface area contributed by atoms with Crippen molar-refractivity contribution >= 4 is 115 Å². The maximum absolute atomic E-state index is 12.5. The molecule has 0 spiro atoms. The van der Waals surface area contributed by atoms with Crippen LogP contribution in [0.25, 0.3) is 0 Å². The SMILES string of the molecule is O=C(O)c1cccc(N(c2ccccc2)c2ccc(N(c3ccc(N(c4ccc(N(c5ccc(N(c6ccccc6)c6cccc(C(=O)O)c6)cc5)c5cccc(C(=O)O)c5)cc4)c4cccc(C(=O)O)c4)cc3)c3cccc(C(=O)O)c3)cc2)c1. The fourth-order valence-corrected chi connectivity index (χ4v) is 10.3. The van der Waals surface area contributed by atoms with Crippen molar-refractivity contribution in [1.29, 1.82) is 0 Å². The highest BCUT2D eigenvalue weighted by Crippen LogP contribution is 2.44. The number of hydrogen-bond acceptors (Lipinski definition) is 10. The van der Waals surface area contributed by atoms with Crippen LogP contribution in [0.4, 0.5) is 85.3 Å². The van der Waals surface area contributed by atoms with E-state index in [1.54, 1.807) is 66.7 Å². The Labute approximate surface area is 493 Å². The topological polar surface area (TPSA) is 203 Å². The van der Waals surface area contributed by atoms with Crippen LogP contribution in [-0.2, 0) is 0 Å². The molecule has 5 N–H and O–H groups in total. The quantitative estimate of drug-likeness (QED) is 0.0482. The highest BCUT2D eigenvalue weighted by molar-refractivity contribution is 5.95.